The first-order valence-corrected chi connectivity index (χ1v) is 6.02. The largest absolute Gasteiger partial charge is 0.496 e. The molecule has 0 aliphatic rings. The van der Waals surface area contributed by atoms with Crippen molar-refractivity contribution in [2.24, 2.45) is 0 Å². The van der Waals surface area contributed by atoms with Crippen LogP contribution in [-0.4, -0.2) is 26.6 Å². The van der Waals surface area contributed by atoms with Crippen LogP contribution in [0, 0.1) is 0 Å². The van der Waals surface area contributed by atoms with Crippen molar-refractivity contribution in [3.8, 4) is 16.9 Å². The number of hydrogen-bond acceptors (Lipinski definition) is 3. The summed E-state index contributed by atoms with van der Waals surface area (Å²) in [5.74, 6) is 0.712. The SMILES string of the molecule is COCC(=O)c1ccccc1-c1ccccc1OC. The lowest BCUT2D eigenvalue weighted by Crippen LogP contribution is -2.08. The number of carbonyl (C=O) groups is 1. The van der Waals surface area contributed by atoms with Gasteiger partial charge in [-0.05, 0) is 11.6 Å². The van der Waals surface area contributed by atoms with Gasteiger partial charge >= 0.3 is 0 Å². The number of ketones is 1. The zero-order valence-electron chi connectivity index (χ0n) is 11.1. The number of hydrogen-bond donors (Lipinski definition) is 0. The first-order valence-electron chi connectivity index (χ1n) is 6.02. The highest BCUT2D eigenvalue weighted by Crippen LogP contribution is 2.32. The van der Waals surface area contributed by atoms with Crippen LogP contribution in [0.5, 0.6) is 5.75 Å². The molecule has 0 aliphatic heterocycles. The second kappa shape index (κ2) is 6.16. The molecular weight excluding hydrogens is 240 g/mol. The van der Waals surface area contributed by atoms with Gasteiger partial charge in [-0.25, -0.2) is 0 Å². The number of carbonyl (C=O) groups excluding carboxylic acids is 1. The minimum absolute atomic E-state index is 0.0380. The van der Waals surface area contributed by atoms with Gasteiger partial charge in [-0.3, -0.25) is 4.79 Å². The van der Waals surface area contributed by atoms with Crippen LogP contribution in [0.3, 0.4) is 0 Å². The molecule has 98 valence electrons. The number of methoxy groups -OCH3 is 2. The highest BCUT2D eigenvalue weighted by Gasteiger charge is 2.14. The number of ether oxygens (including phenoxy) is 2. The maximum atomic E-state index is 12.1. The summed E-state index contributed by atoms with van der Waals surface area (Å²) < 4.78 is 10.3. The Labute approximate surface area is 112 Å². The Morgan fingerprint density at radius 3 is 2.26 bits per heavy atom. The monoisotopic (exact) mass is 256 g/mol. The third-order valence-electron chi connectivity index (χ3n) is 2.90. The zero-order valence-corrected chi connectivity index (χ0v) is 11.1. The Morgan fingerprint density at radius 2 is 1.58 bits per heavy atom. The molecule has 0 fully saturated rings. The van der Waals surface area contributed by atoms with Gasteiger partial charge in [-0.1, -0.05) is 42.5 Å². The molecule has 2 rings (SSSR count). The molecule has 0 saturated carbocycles. The Bertz CT molecular complexity index is 576. The van der Waals surface area contributed by atoms with Crippen molar-refractivity contribution in [3.05, 3.63) is 54.1 Å². The molecule has 0 amide bonds. The van der Waals surface area contributed by atoms with Gasteiger partial charge < -0.3 is 9.47 Å². The van der Waals surface area contributed by atoms with E-state index in [0.29, 0.717) is 5.56 Å². The van der Waals surface area contributed by atoms with Crippen molar-refractivity contribution in [1.29, 1.82) is 0 Å². The third-order valence-corrected chi connectivity index (χ3v) is 2.90. The molecule has 0 radical (unpaired) electrons. The predicted molar refractivity (Wildman–Crippen MR) is 74.6 cm³/mol. The average Bonchev–Trinajstić information content (AvgIpc) is 2.47. The fourth-order valence-electron chi connectivity index (χ4n) is 2.04. The van der Waals surface area contributed by atoms with Gasteiger partial charge in [0.1, 0.15) is 12.4 Å². The van der Waals surface area contributed by atoms with E-state index in [-0.39, 0.29) is 12.4 Å². The van der Waals surface area contributed by atoms with Gasteiger partial charge in [0.2, 0.25) is 0 Å². The Hall–Kier alpha value is -2.13. The lowest BCUT2D eigenvalue weighted by molar-refractivity contribution is 0.0848. The molecule has 19 heavy (non-hydrogen) atoms. The van der Waals surface area contributed by atoms with Gasteiger partial charge in [0, 0.05) is 18.2 Å². The Kier molecular flexibility index (Phi) is 4.31. The molecule has 0 bridgehead atoms. The predicted octanol–water partition coefficient (Wildman–Crippen LogP) is 3.19. The topological polar surface area (TPSA) is 35.5 Å². The standard InChI is InChI=1S/C16H16O3/c1-18-11-15(17)13-8-4-3-7-12(13)14-9-5-6-10-16(14)19-2/h3-10H,11H2,1-2H3. The van der Waals surface area contributed by atoms with Gasteiger partial charge in [0.05, 0.1) is 7.11 Å². The van der Waals surface area contributed by atoms with E-state index in [1.54, 1.807) is 7.11 Å². The van der Waals surface area contributed by atoms with Crippen molar-refractivity contribution in [2.45, 2.75) is 0 Å². The molecule has 3 heteroatoms. The lowest BCUT2D eigenvalue weighted by atomic mass is 9.96. The van der Waals surface area contributed by atoms with Crippen LogP contribution in [0.2, 0.25) is 0 Å². The number of Topliss-reactive ketones (excluding diaryl/α,β-unsaturated/α-hetero) is 1. The Balaban J connectivity index is 2.53. The number of benzene rings is 2. The summed E-state index contributed by atoms with van der Waals surface area (Å²) >= 11 is 0. The molecular formula is C16H16O3. The van der Waals surface area contributed by atoms with E-state index >= 15 is 0 Å². The molecule has 0 unspecified atom stereocenters. The smallest absolute Gasteiger partial charge is 0.189 e. The number of para-hydroxylation sites is 1. The van der Waals surface area contributed by atoms with Crippen LogP contribution in [0.4, 0.5) is 0 Å². The fraction of sp³-hybridized carbons (Fsp3) is 0.188. The van der Waals surface area contributed by atoms with Crippen LogP contribution in [0.25, 0.3) is 11.1 Å². The second-order valence-corrected chi connectivity index (χ2v) is 4.10. The van der Waals surface area contributed by atoms with E-state index in [4.69, 9.17) is 9.47 Å². The minimum Gasteiger partial charge on any atom is -0.496 e. The van der Waals surface area contributed by atoms with Gasteiger partial charge in [-0.2, -0.15) is 0 Å². The summed E-state index contributed by atoms with van der Waals surface area (Å²) in [6.07, 6.45) is 0. The fourth-order valence-corrected chi connectivity index (χ4v) is 2.04. The Morgan fingerprint density at radius 1 is 0.947 bits per heavy atom. The van der Waals surface area contributed by atoms with Crippen LogP contribution >= 0.6 is 0 Å². The highest BCUT2D eigenvalue weighted by atomic mass is 16.5. The first kappa shape index (κ1) is 13.3. The van der Waals surface area contributed by atoms with Crippen molar-refractivity contribution in [2.75, 3.05) is 20.8 Å². The molecule has 0 atom stereocenters. The third kappa shape index (κ3) is 2.83. The van der Waals surface area contributed by atoms with Crippen molar-refractivity contribution in [3.63, 3.8) is 0 Å². The van der Waals surface area contributed by atoms with Crippen molar-refractivity contribution in [1.82, 2.24) is 0 Å². The zero-order chi connectivity index (χ0) is 13.7. The second-order valence-electron chi connectivity index (χ2n) is 4.10. The molecule has 3 nitrogen and oxygen atoms in total. The minimum atomic E-state index is -0.0380. The van der Waals surface area contributed by atoms with E-state index in [1.807, 2.05) is 48.5 Å². The summed E-state index contributed by atoms with van der Waals surface area (Å²) in [6, 6.07) is 15.1. The maximum absolute atomic E-state index is 12.1. The van der Waals surface area contributed by atoms with Gasteiger partial charge in [-0.15, -0.1) is 0 Å². The van der Waals surface area contributed by atoms with E-state index < -0.39 is 0 Å². The van der Waals surface area contributed by atoms with E-state index in [0.717, 1.165) is 16.9 Å². The number of rotatable bonds is 5. The summed E-state index contributed by atoms with van der Waals surface area (Å²) in [4.78, 5) is 12.1. The van der Waals surface area contributed by atoms with Crippen molar-refractivity contribution < 1.29 is 14.3 Å². The molecule has 0 aromatic heterocycles. The van der Waals surface area contributed by atoms with Gasteiger partial charge in [0.25, 0.3) is 0 Å². The van der Waals surface area contributed by atoms with Crippen LogP contribution < -0.4 is 4.74 Å². The summed E-state index contributed by atoms with van der Waals surface area (Å²) in [5, 5.41) is 0. The average molecular weight is 256 g/mol. The summed E-state index contributed by atoms with van der Waals surface area (Å²) in [7, 11) is 3.14. The normalized spacial score (nSPS) is 10.2. The first-order chi connectivity index (χ1) is 9.27. The maximum Gasteiger partial charge on any atom is 0.189 e. The van der Waals surface area contributed by atoms with Gasteiger partial charge in [0.15, 0.2) is 5.78 Å². The molecule has 0 spiro atoms. The quantitative estimate of drug-likeness (QED) is 0.771. The van der Waals surface area contributed by atoms with Crippen LogP contribution in [0.15, 0.2) is 48.5 Å². The van der Waals surface area contributed by atoms with Crippen LogP contribution in [-0.2, 0) is 4.74 Å². The molecule has 0 N–H and O–H groups in total. The van der Waals surface area contributed by atoms with Crippen LogP contribution in [0.1, 0.15) is 10.4 Å². The van der Waals surface area contributed by atoms with E-state index in [9.17, 15) is 4.79 Å². The lowest BCUT2D eigenvalue weighted by Gasteiger charge is -2.12. The highest BCUT2D eigenvalue weighted by molar-refractivity contribution is 6.03. The molecule has 2 aromatic rings. The molecule has 0 saturated heterocycles. The molecule has 0 heterocycles. The molecule has 0 aliphatic carbocycles. The summed E-state index contributed by atoms with van der Waals surface area (Å²) in [6.45, 7) is 0.0756. The van der Waals surface area contributed by atoms with E-state index in [1.165, 1.54) is 7.11 Å². The molecule has 2 aromatic carbocycles. The van der Waals surface area contributed by atoms with E-state index in [2.05, 4.69) is 0 Å². The van der Waals surface area contributed by atoms with Crippen molar-refractivity contribution >= 4 is 5.78 Å². The summed E-state index contributed by atoms with van der Waals surface area (Å²) in [5.41, 5.74) is 2.42.